The lowest BCUT2D eigenvalue weighted by Gasteiger charge is -2.49. The van der Waals surface area contributed by atoms with Crippen LogP contribution >= 0.6 is 11.8 Å². The van der Waals surface area contributed by atoms with E-state index in [2.05, 4.69) is 10.6 Å². The number of fused-ring (bicyclic) bond motifs is 2. The number of nitrogens with zero attached hydrogens (tertiary/aromatic N) is 3. The number of imidazole rings is 1. The zero-order valence-corrected chi connectivity index (χ0v) is 21.4. The number of hydrogen-bond acceptors (Lipinski definition) is 7. The van der Waals surface area contributed by atoms with E-state index in [1.54, 1.807) is 31.2 Å². The van der Waals surface area contributed by atoms with Gasteiger partial charge in [-0.2, -0.15) is 0 Å². The highest BCUT2D eigenvalue weighted by molar-refractivity contribution is 8.00. The molecule has 2 aliphatic rings. The predicted octanol–water partition coefficient (Wildman–Crippen LogP) is 1.24. The Balaban J connectivity index is 1.46. The number of hydrogen-bond donors (Lipinski definition) is 4. The summed E-state index contributed by atoms with van der Waals surface area (Å²) >= 11 is 1.27. The summed E-state index contributed by atoms with van der Waals surface area (Å²) in [5.74, 6) is -4.19. The molecule has 3 aromatic rings. The summed E-state index contributed by atoms with van der Waals surface area (Å²) in [6.07, 6.45) is 0. The molecular weight excluding hydrogens is 533 g/mol. The number of aliphatic carboxylic acids is 1. The van der Waals surface area contributed by atoms with Crippen LogP contribution in [0.1, 0.15) is 18.5 Å². The molecule has 0 radical (unpaired) electrons. The third-order valence-corrected chi connectivity index (χ3v) is 8.08. The van der Waals surface area contributed by atoms with Crippen molar-refractivity contribution in [2.24, 2.45) is 7.05 Å². The fraction of sp³-hybridized carbons (Fsp3) is 0.240. The lowest BCUT2D eigenvalue weighted by Crippen LogP contribution is -2.71. The van der Waals surface area contributed by atoms with Gasteiger partial charge in [0.1, 0.15) is 23.2 Å². The smallest absolute Gasteiger partial charge is 0.352 e. The van der Waals surface area contributed by atoms with Gasteiger partial charge < -0.3 is 20.8 Å². The highest BCUT2D eigenvalue weighted by Crippen LogP contribution is 2.40. The number of carbonyl (C=O) groups is 4. The number of aromatic nitrogens is 2. The maximum atomic E-state index is 13.8. The first kappa shape index (κ1) is 26.0. The van der Waals surface area contributed by atoms with Crippen molar-refractivity contribution in [1.82, 2.24) is 24.7 Å². The van der Waals surface area contributed by atoms with Gasteiger partial charge in [-0.05, 0) is 42.3 Å². The largest absolute Gasteiger partial charge is 0.505 e. The molecule has 3 amide bonds. The molecule has 2 unspecified atom stereocenters. The Morgan fingerprint density at radius 3 is 2.49 bits per heavy atom. The Labute approximate surface area is 223 Å². The number of halogens is 1. The number of benzene rings is 2. The van der Waals surface area contributed by atoms with Crippen molar-refractivity contribution >= 4 is 46.6 Å². The van der Waals surface area contributed by atoms with Gasteiger partial charge >= 0.3 is 17.7 Å². The monoisotopic (exact) mass is 555 g/mol. The van der Waals surface area contributed by atoms with Crippen molar-refractivity contribution in [3.63, 3.8) is 0 Å². The summed E-state index contributed by atoms with van der Waals surface area (Å²) in [4.78, 5) is 65.3. The molecule has 0 aliphatic carbocycles. The van der Waals surface area contributed by atoms with E-state index in [0.717, 1.165) is 21.6 Å². The molecule has 1 saturated heterocycles. The van der Waals surface area contributed by atoms with Gasteiger partial charge in [-0.25, -0.2) is 23.3 Å². The van der Waals surface area contributed by atoms with E-state index in [4.69, 9.17) is 0 Å². The summed E-state index contributed by atoms with van der Waals surface area (Å²) in [5.41, 5.74) is 0.407. The fourth-order valence-electron chi connectivity index (χ4n) is 4.70. The number of carbonyl (C=O) groups excluding carboxylic acids is 3. The number of amides is 3. The Bertz CT molecular complexity index is 1660. The quantitative estimate of drug-likeness (QED) is 0.342. The molecular formula is C25H22FN5O7S. The second-order valence-corrected chi connectivity index (χ2v) is 10.2. The normalized spacial score (nSPS) is 19.4. The SMILES string of the molecule is CC1=C(C(=O)O)N2C(=O)C(NC(=O)C(NC(=O)n3c(=O)n(C)c4ccccc43)c3ccc(F)c(O)c3)[C@H]2SC1. The van der Waals surface area contributed by atoms with Gasteiger partial charge in [-0.15, -0.1) is 11.8 Å². The van der Waals surface area contributed by atoms with E-state index in [-0.39, 0.29) is 16.8 Å². The molecule has 1 fully saturated rings. The molecule has 3 atom stereocenters. The maximum Gasteiger partial charge on any atom is 0.352 e. The second-order valence-electron chi connectivity index (χ2n) is 9.09. The number of aromatic hydroxyl groups is 1. The van der Waals surface area contributed by atoms with E-state index < -0.39 is 58.5 Å². The van der Waals surface area contributed by atoms with Crippen molar-refractivity contribution in [2.75, 3.05) is 5.75 Å². The molecule has 3 heterocycles. The summed E-state index contributed by atoms with van der Waals surface area (Å²) < 4.78 is 15.9. The summed E-state index contributed by atoms with van der Waals surface area (Å²) in [6, 6.07) is 5.91. The number of phenolic OH excluding ortho intramolecular Hbond substituents is 1. The van der Waals surface area contributed by atoms with Crippen molar-refractivity contribution in [2.45, 2.75) is 24.4 Å². The average Bonchev–Trinajstić information content (AvgIpc) is 3.16. The Kier molecular flexibility index (Phi) is 6.42. The number of phenols is 1. The molecule has 2 aliphatic heterocycles. The van der Waals surface area contributed by atoms with Crippen molar-refractivity contribution < 1.29 is 33.8 Å². The minimum Gasteiger partial charge on any atom is -0.505 e. The van der Waals surface area contributed by atoms with Crippen LogP contribution in [0, 0.1) is 5.82 Å². The van der Waals surface area contributed by atoms with Crippen molar-refractivity contribution in [3.8, 4) is 5.75 Å². The molecule has 2 aromatic carbocycles. The highest BCUT2D eigenvalue weighted by atomic mass is 32.2. The van der Waals surface area contributed by atoms with Crippen LogP contribution in [0.5, 0.6) is 5.75 Å². The van der Waals surface area contributed by atoms with Crippen LogP contribution in [0.2, 0.25) is 0 Å². The fourth-order valence-corrected chi connectivity index (χ4v) is 5.99. The number of aryl methyl sites for hydroxylation is 1. The molecule has 5 rings (SSSR count). The molecule has 12 nitrogen and oxygen atoms in total. The third-order valence-electron chi connectivity index (χ3n) is 6.66. The standard InChI is InChI=1S/C25H22FN5O7S/c1-11-10-39-22-18(21(34)31(22)19(11)23(35)36)27-20(33)17(12-7-8-13(26)16(32)9-12)28-24(37)30-15-6-4-3-5-14(15)29(2)25(30)38/h3-9,17-18,22,32H,10H2,1-2H3,(H,27,33)(H,28,37)(H,35,36)/t17?,18?,22-/m1/s1. The van der Waals surface area contributed by atoms with Gasteiger partial charge in [-0.3, -0.25) is 19.1 Å². The van der Waals surface area contributed by atoms with Crippen LogP contribution in [0.15, 0.2) is 58.5 Å². The molecule has 14 heteroatoms. The Morgan fingerprint density at radius 1 is 1.13 bits per heavy atom. The molecule has 0 saturated carbocycles. The Hall–Kier alpha value is -4.59. The maximum absolute atomic E-state index is 13.8. The zero-order chi connectivity index (χ0) is 28.2. The van der Waals surface area contributed by atoms with Gasteiger partial charge in [0.2, 0.25) is 5.91 Å². The second kappa shape index (κ2) is 9.62. The molecule has 0 spiro atoms. The van der Waals surface area contributed by atoms with E-state index in [1.165, 1.54) is 29.4 Å². The number of carboxylic acids is 1. The topological polar surface area (TPSA) is 163 Å². The van der Waals surface area contributed by atoms with Gasteiger partial charge in [0.25, 0.3) is 5.91 Å². The average molecular weight is 556 g/mol. The molecule has 202 valence electrons. The minimum absolute atomic E-state index is 0.0186. The van der Waals surface area contributed by atoms with Gasteiger partial charge in [0.05, 0.1) is 11.0 Å². The zero-order valence-electron chi connectivity index (χ0n) is 20.5. The van der Waals surface area contributed by atoms with Crippen molar-refractivity contribution in [1.29, 1.82) is 0 Å². The van der Waals surface area contributed by atoms with Crippen LogP contribution < -0.4 is 16.3 Å². The minimum atomic E-state index is -1.55. The first-order valence-electron chi connectivity index (χ1n) is 11.6. The van der Waals surface area contributed by atoms with E-state index in [9.17, 15) is 38.6 Å². The Morgan fingerprint density at radius 2 is 1.82 bits per heavy atom. The van der Waals surface area contributed by atoms with Crippen LogP contribution in [0.4, 0.5) is 9.18 Å². The molecule has 1 aromatic heterocycles. The number of para-hydroxylation sites is 2. The number of nitrogens with one attached hydrogen (secondary N) is 2. The van der Waals surface area contributed by atoms with Crippen LogP contribution in [-0.2, 0) is 21.4 Å². The predicted molar refractivity (Wildman–Crippen MR) is 137 cm³/mol. The molecule has 0 bridgehead atoms. The van der Waals surface area contributed by atoms with E-state index in [0.29, 0.717) is 16.8 Å². The van der Waals surface area contributed by atoms with E-state index in [1.807, 2.05) is 0 Å². The molecule has 4 N–H and O–H groups in total. The van der Waals surface area contributed by atoms with Crippen LogP contribution in [0.25, 0.3) is 11.0 Å². The molecule has 39 heavy (non-hydrogen) atoms. The number of β-lactam (4-membered cyclic amide) rings is 1. The first-order chi connectivity index (χ1) is 18.5. The van der Waals surface area contributed by atoms with Crippen LogP contribution in [0.3, 0.4) is 0 Å². The first-order valence-corrected chi connectivity index (χ1v) is 12.7. The summed E-state index contributed by atoms with van der Waals surface area (Å²) in [5, 5.41) is 23.7. The number of thioether (sulfide) groups is 1. The van der Waals surface area contributed by atoms with E-state index >= 15 is 0 Å². The van der Waals surface area contributed by atoms with Crippen molar-refractivity contribution in [3.05, 3.63) is 75.6 Å². The number of carboxylic acid groups (broad SMARTS) is 1. The summed E-state index contributed by atoms with van der Waals surface area (Å²) in [6.45, 7) is 1.60. The number of rotatable bonds is 5. The lowest BCUT2D eigenvalue weighted by molar-refractivity contribution is -0.151. The third kappa shape index (κ3) is 4.22. The highest BCUT2D eigenvalue weighted by Gasteiger charge is 2.54. The van der Waals surface area contributed by atoms with Gasteiger partial charge in [0.15, 0.2) is 11.6 Å². The van der Waals surface area contributed by atoms with Gasteiger partial charge in [0, 0.05) is 12.8 Å². The van der Waals surface area contributed by atoms with Crippen LogP contribution in [-0.4, -0.2) is 65.2 Å². The summed E-state index contributed by atoms with van der Waals surface area (Å²) in [7, 11) is 1.48. The van der Waals surface area contributed by atoms with Gasteiger partial charge in [-0.1, -0.05) is 18.2 Å². The lowest BCUT2D eigenvalue weighted by atomic mass is 10.0.